The Hall–Kier alpha value is -1.62. The van der Waals surface area contributed by atoms with Gasteiger partial charge in [-0.15, -0.1) is 0 Å². The smallest absolute Gasteiger partial charge is 0.223 e. The van der Waals surface area contributed by atoms with Crippen molar-refractivity contribution in [3.8, 4) is 0 Å². The van der Waals surface area contributed by atoms with Gasteiger partial charge in [0.25, 0.3) is 0 Å². The number of nitrogens with zero attached hydrogens (tertiary/aromatic N) is 3. The van der Waals surface area contributed by atoms with E-state index in [1.807, 2.05) is 13.1 Å². The van der Waals surface area contributed by atoms with Gasteiger partial charge in [0.2, 0.25) is 5.95 Å². The summed E-state index contributed by atoms with van der Waals surface area (Å²) in [6, 6.07) is 9.39. The molecule has 1 aliphatic heterocycles. The average Bonchev–Trinajstić information content (AvgIpc) is 2.59. The lowest BCUT2D eigenvalue weighted by Gasteiger charge is -2.34. The second-order valence-electron chi connectivity index (χ2n) is 6.78. The van der Waals surface area contributed by atoms with Gasteiger partial charge in [0.1, 0.15) is 0 Å². The van der Waals surface area contributed by atoms with Crippen LogP contribution in [0.3, 0.4) is 0 Å². The highest BCUT2D eigenvalue weighted by Gasteiger charge is 2.20. The third-order valence-electron chi connectivity index (χ3n) is 4.65. The second-order valence-corrected chi connectivity index (χ2v) is 7.64. The van der Waals surface area contributed by atoms with E-state index in [0.29, 0.717) is 12.0 Å². The Morgan fingerprint density at radius 3 is 2.67 bits per heavy atom. The van der Waals surface area contributed by atoms with E-state index < -0.39 is 0 Å². The molecule has 1 fully saturated rings. The Kier molecular flexibility index (Phi) is 5.39. The Morgan fingerprint density at radius 1 is 1.25 bits per heavy atom. The standard InChI is InChI=1S/C19H25BrN4/c1-13(2)15-5-4-6-17(11-15)24-9-7-16(8-10-24)23-19-21-12-18(20)14(3)22-19/h4-6,11-13,16H,7-10H2,1-3H3,(H,21,22,23). The highest BCUT2D eigenvalue weighted by molar-refractivity contribution is 9.10. The summed E-state index contributed by atoms with van der Waals surface area (Å²) in [5, 5.41) is 3.48. The van der Waals surface area contributed by atoms with Crippen LogP contribution < -0.4 is 10.2 Å². The predicted octanol–water partition coefficient (Wildman–Crippen LogP) is 4.75. The SMILES string of the molecule is Cc1nc(NC2CCN(c3cccc(C(C)C)c3)CC2)ncc1Br. The summed E-state index contributed by atoms with van der Waals surface area (Å²) < 4.78 is 0.952. The van der Waals surface area contributed by atoms with Gasteiger partial charge in [0, 0.05) is 31.0 Å². The number of aromatic nitrogens is 2. The molecule has 1 aromatic heterocycles. The van der Waals surface area contributed by atoms with E-state index in [2.05, 4.69) is 74.2 Å². The molecule has 0 amide bonds. The van der Waals surface area contributed by atoms with Crippen LogP contribution >= 0.6 is 15.9 Å². The molecule has 1 N–H and O–H groups in total. The quantitative estimate of drug-likeness (QED) is 0.819. The molecule has 128 valence electrons. The first-order valence-electron chi connectivity index (χ1n) is 8.63. The minimum absolute atomic E-state index is 0.440. The van der Waals surface area contributed by atoms with Crippen LogP contribution in [0, 0.1) is 6.92 Å². The molecular weight excluding hydrogens is 364 g/mol. The van der Waals surface area contributed by atoms with Crippen molar-refractivity contribution in [2.24, 2.45) is 0 Å². The zero-order chi connectivity index (χ0) is 17.1. The molecule has 0 bridgehead atoms. The molecule has 0 saturated carbocycles. The first-order chi connectivity index (χ1) is 11.5. The van der Waals surface area contributed by atoms with Gasteiger partial charge in [-0.1, -0.05) is 26.0 Å². The van der Waals surface area contributed by atoms with Crippen LogP contribution in [0.25, 0.3) is 0 Å². The van der Waals surface area contributed by atoms with Gasteiger partial charge in [-0.25, -0.2) is 9.97 Å². The summed E-state index contributed by atoms with van der Waals surface area (Å²) in [7, 11) is 0. The zero-order valence-corrected chi connectivity index (χ0v) is 16.2. The minimum atomic E-state index is 0.440. The van der Waals surface area contributed by atoms with E-state index in [1.165, 1.54) is 11.3 Å². The summed E-state index contributed by atoms with van der Waals surface area (Å²) in [4.78, 5) is 11.3. The summed E-state index contributed by atoms with van der Waals surface area (Å²) in [6.45, 7) is 8.61. The summed E-state index contributed by atoms with van der Waals surface area (Å²) in [6.07, 6.45) is 4.02. The van der Waals surface area contributed by atoms with Gasteiger partial charge in [0.05, 0.1) is 10.2 Å². The maximum atomic E-state index is 4.49. The van der Waals surface area contributed by atoms with Crippen molar-refractivity contribution in [2.75, 3.05) is 23.3 Å². The Bertz CT molecular complexity index is 694. The van der Waals surface area contributed by atoms with E-state index >= 15 is 0 Å². The van der Waals surface area contributed by atoms with E-state index in [9.17, 15) is 0 Å². The van der Waals surface area contributed by atoms with Crippen molar-refractivity contribution in [3.05, 3.63) is 46.2 Å². The van der Waals surface area contributed by atoms with Crippen molar-refractivity contribution in [1.29, 1.82) is 0 Å². The van der Waals surface area contributed by atoms with Gasteiger partial charge < -0.3 is 10.2 Å². The normalized spacial score (nSPS) is 15.8. The molecule has 0 aliphatic carbocycles. The Morgan fingerprint density at radius 2 is 2.00 bits per heavy atom. The van der Waals surface area contributed by atoms with E-state index in [-0.39, 0.29) is 0 Å². The van der Waals surface area contributed by atoms with Gasteiger partial charge in [-0.2, -0.15) is 0 Å². The minimum Gasteiger partial charge on any atom is -0.371 e. The number of nitrogens with one attached hydrogen (secondary N) is 1. The van der Waals surface area contributed by atoms with Gasteiger partial charge in [-0.05, 0) is 59.3 Å². The average molecular weight is 389 g/mol. The Balaban J connectivity index is 1.59. The van der Waals surface area contributed by atoms with Crippen molar-refractivity contribution in [1.82, 2.24) is 9.97 Å². The Labute approximate surface area is 152 Å². The first-order valence-corrected chi connectivity index (χ1v) is 9.43. The van der Waals surface area contributed by atoms with E-state index in [1.54, 1.807) is 0 Å². The molecule has 3 rings (SSSR count). The number of aryl methyl sites for hydroxylation is 1. The highest BCUT2D eigenvalue weighted by atomic mass is 79.9. The number of piperidine rings is 1. The van der Waals surface area contributed by atoms with Crippen molar-refractivity contribution in [2.45, 2.75) is 45.6 Å². The van der Waals surface area contributed by atoms with Crippen LogP contribution in [-0.4, -0.2) is 29.1 Å². The van der Waals surface area contributed by atoms with Crippen LogP contribution in [0.4, 0.5) is 11.6 Å². The summed E-state index contributed by atoms with van der Waals surface area (Å²) in [5.74, 6) is 1.30. The fourth-order valence-electron chi connectivity index (χ4n) is 3.07. The van der Waals surface area contributed by atoms with Gasteiger partial charge in [0.15, 0.2) is 0 Å². The first kappa shape index (κ1) is 17.2. The molecule has 0 spiro atoms. The third-order valence-corrected chi connectivity index (χ3v) is 5.43. The molecule has 24 heavy (non-hydrogen) atoms. The molecule has 0 radical (unpaired) electrons. The molecule has 5 heteroatoms. The monoisotopic (exact) mass is 388 g/mol. The van der Waals surface area contributed by atoms with E-state index in [0.717, 1.165) is 42.0 Å². The van der Waals surface area contributed by atoms with Crippen molar-refractivity contribution >= 4 is 27.6 Å². The van der Waals surface area contributed by atoms with Crippen LogP contribution in [0.2, 0.25) is 0 Å². The number of benzene rings is 1. The highest BCUT2D eigenvalue weighted by Crippen LogP contribution is 2.25. The molecule has 0 unspecified atom stereocenters. The van der Waals surface area contributed by atoms with Crippen LogP contribution in [0.15, 0.2) is 34.9 Å². The lowest BCUT2D eigenvalue weighted by atomic mass is 10.0. The largest absolute Gasteiger partial charge is 0.371 e. The number of halogens is 1. The predicted molar refractivity (Wildman–Crippen MR) is 104 cm³/mol. The maximum absolute atomic E-state index is 4.49. The molecule has 1 aromatic carbocycles. The third kappa shape index (κ3) is 4.07. The van der Waals surface area contributed by atoms with Crippen molar-refractivity contribution < 1.29 is 0 Å². The molecule has 1 saturated heterocycles. The number of hydrogen-bond acceptors (Lipinski definition) is 4. The van der Waals surface area contributed by atoms with Crippen LogP contribution in [0.5, 0.6) is 0 Å². The topological polar surface area (TPSA) is 41.1 Å². The molecule has 0 atom stereocenters. The van der Waals surface area contributed by atoms with Gasteiger partial charge in [-0.3, -0.25) is 0 Å². The number of anilines is 2. The molecule has 2 heterocycles. The lowest BCUT2D eigenvalue weighted by Crippen LogP contribution is -2.39. The second kappa shape index (κ2) is 7.51. The van der Waals surface area contributed by atoms with Gasteiger partial charge >= 0.3 is 0 Å². The zero-order valence-electron chi connectivity index (χ0n) is 14.6. The summed E-state index contributed by atoms with van der Waals surface area (Å²) >= 11 is 3.44. The van der Waals surface area contributed by atoms with Crippen LogP contribution in [-0.2, 0) is 0 Å². The number of rotatable bonds is 4. The molecule has 2 aromatic rings. The molecule has 1 aliphatic rings. The molecule has 4 nitrogen and oxygen atoms in total. The lowest BCUT2D eigenvalue weighted by molar-refractivity contribution is 0.523. The maximum Gasteiger partial charge on any atom is 0.223 e. The number of hydrogen-bond donors (Lipinski definition) is 1. The van der Waals surface area contributed by atoms with E-state index in [4.69, 9.17) is 0 Å². The summed E-state index contributed by atoms with van der Waals surface area (Å²) in [5.41, 5.74) is 3.72. The fourth-order valence-corrected chi connectivity index (χ4v) is 3.26. The molecular formula is C19H25BrN4. The fraction of sp³-hybridized carbons (Fsp3) is 0.474. The van der Waals surface area contributed by atoms with Crippen molar-refractivity contribution in [3.63, 3.8) is 0 Å². The van der Waals surface area contributed by atoms with Crippen LogP contribution in [0.1, 0.15) is 43.9 Å².